The van der Waals surface area contributed by atoms with Crippen LogP contribution < -0.4 is 0 Å². The summed E-state index contributed by atoms with van der Waals surface area (Å²) in [7, 11) is 10.7. The lowest BCUT2D eigenvalue weighted by Crippen LogP contribution is -2.34. The lowest BCUT2D eigenvalue weighted by Gasteiger charge is -2.26. The second kappa shape index (κ2) is 11.1. The van der Waals surface area contributed by atoms with E-state index in [1.807, 2.05) is 0 Å². The molecule has 160 valence electrons. The van der Waals surface area contributed by atoms with Crippen LogP contribution in [0.5, 0.6) is 5.75 Å². The smallest absolute Gasteiger partial charge is 0.124 e. The van der Waals surface area contributed by atoms with Gasteiger partial charge in [0.2, 0.25) is 0 Å². The Kier molecular flexibility index (Phi) is 9.18. The molecule has 1 aromatic carbocycles. The summed E-state index contributed by atoms with van der Waals surface area (Å²) in [4.78, 5) is 11.7. The maximum absolute atomic E-state index is 11.0. The van der Waals surface area contributed by atoms with Crippen LogP contribution in [0.4, 0.5) is 0 Å². The largest absolute Gasteiger partial charge is 0.507 e. The molecule has 6 heteroatoms. The Labute approximate surface area is 172 Å². The molecule has 1 saturated heterocycles. The van der Waals surface area contributed by atoms with E-state index < -0.39 is 0 Å². The second-order valence-electron chi connectivity index (χ2n) is 8.86. The number of aromatic hydroxyl groups is 1. The zero-order valence-electron chi connectivity index (χ0n) is 18.9. The van der Waals surface area contributed by atoms with E-state index in [2.05, 4.69) is 78.8 Å². The fourth-order valence-electron chi connectivity index (χ4n) is 3.62. The summed E-state index contributed by atoms with van der Waals surface area (Å²) in [5, 5.41) is 11.0. The minimum absolute atomic E-state index is 0.476. The first kappa shape index (κ1) is 23.1. The Hall–Kier alpha value is -1.18. The van der Waals surface area contributed by atoms with Crippen molar-refractivity contribution < 1.29 is 5.11 Å². The molecule has 1 aliphatic heterocycles. The fraction of sp³-hybridized carbons (Fsp3) is 0.727. The SMILES string of the molecule is Cc1cc(CN(C)CCN(C)C)c(O)c(CN2CCN(C)CCN(C)CC2)c1. The van der Waals surface area contributed by atoms with Crippen molar-refractivity contribution in [3.63, 3.8) is 0 Å². The first-order valence-electron chi connectivity index (χ1n) is 10.5. The van der Waals surface area contributed by atoms with Crippen molar-refractivity contribution in [3.05, 3.63) is 28.8 Å². The van der Waals surface area contributed by atoms with Gasteiger partial charge in [-0.25, -0.2) is 0 Å². The van der Waals surface area contributed by atoms with Gasteiger partial charge in [-0.05, 0) is 42.2 Å². The van der Waals surface area contributed by atoms with E-state index in [0.29, 0.717) is 5.75 Å². The average molecular weight is 392 g/mol. The zero-order valence-corrected chi connectivity index (χ0v) is 18.9. The molecule has 0 aromatic heterocycles. The van der Waals surface area contributed by atoms with E-state index in [0.717, 1.165) is 76.6 Å². The number of aryl methyl sites for hydroxylation is 1. The minimum Gasteiger partial charge on any atom is -0.507 e. The number of hydrogen-bond donors (Lipinski definition) is 1. The molecule has 28 heavy (non-hydrogen) atoms. The molecule has 6 nitrogen and oxygen atoms in total. The number of hydrogen-bond acceptors (Lipinski definition) is 6. The van der Waals surface area contributed by atoms with E-state index in [9.17, 15) is 5.11 Å². The molecule has 0 spiro atoms. The molecule has 0 saturated carbocycles. The number of nitrogens with zero attached hydrogens (tertiary/aromatic N) is 5. The summed E-state index contributed by atoms with van der Waals surface area (Å²) >= 11 is 0. The quantitative estimate of drug-likeness (QED) is 0.757. The van der Waals surface area contributed by atoms with Crippen LogP contribution in [0.2, 0.25) is 0 Å². The summed E-state index contributed by atoms with van der Waals surface area (Å²) in [6.07, 6.45) is 0. The van der Waals surface area contributed by atoms with E-state index in [1.54, 1.807) is 0 Å². The van der Waals surface area contributed by atoms with Gasteiger partial charge in [0.15, 0.2) is 0 Å². The molecule has 0 atom stereocenters. The van der Waals surface area contributed by atoms with Crippen LogP contribution in [-0.4, -0.2) is 117 Å². The maximum atomic E-state index is 11.0. The predicted molar refractivity (Wildman–Crippen MR) is 118 cm³/mol. The third kappa shape index (κ3) is 7.68. The normalized spacial score (nSPS) is 18.4. The topological polar surface area (TPSA) is 36.4 Å². The number of benzene rings is 1. The van der Waals surface area contributed by atoms with E-state index in [4.69, 9.17) is 0 Å². The third-order valence-corrected chi connectivity index (χ3v) is 5.63. The van der Waals surface area contributed by atoms with E-state index in [1.165, 1.54) is 5.56 Å². The Balaban J connectivity index is 2.08. The summed E-state index contributed by atoms with van der Waals surface area (Å²) in [5.41, 5.74) is 3.32. The molecular weight excluding hydrogens is 350 g/mol. The van der Waals surface area contributed by atoms with Crippen LogP contribution in [0.1, 0.15) is 16.7 Å². The number of likely N-dealkylation sites (N-methyl/N-ethyl adjacent to an activating group) is 4. The molecule has 1 aliphatic rings. The highest BCUT2D eigenvalue weighted by Gasteiger charge is 2.16. The summed E-state index contributed by atoms with van der Waals surface area (Å²) < 4.78 is 0. The van der Waals surface area contributed by atoms with Crippen LogP contribution in [0, 0.1) is 6.92 Å². The molecule has 0 amide bonds. The highest BCUT2D eigenvalue weighted by atomic mass is 16.3. The molecule has 1 aromatic rings. The van der Waals surface area contributed by atoms with Gasteiger partial charge >= 0.3 is 0 Å². The van der Waals surface area contributed by atoms with Crippen molar-refractivity contribution in [3.8, 4) is 5.75 Å². The first-order valence-corrected chi connectivity index (χ1v) is 10.5. The molecule has 0 bridgehead atoms. The molecule has 1 heterocycles. The van der Waals surface area contributed by atoms with Gasteiger partial charge < -0.3 is 24.7 Å². The highest BCUT2D eigenvalue weighted by molar-refractivity contribution is 5.43. The van der Waals surface area contributed by atoms with Crippen molar-refractivity contribution in [2.45, 2.75) is 20.0 Å². The Morgan fingerprint density at radius 1 is 0.857 bits per heavy atom. The van der Waals surface area contributed by atoms with Gasteiger partial charge in [-0.3, -0.25) is 4.90 Å². The predicted octanol–water partition coefficient (Wildman–Crippen LogP) is 1.37. The molecule has 1 N–H and O–H groups in total. The Morgan fingerprint density at radius 3 is 1.96 bits per heavy atom. The lowest BCUT2D eigenvalue weighted by molar-refractivity contribution is 0.225. The van der Waals surface area contributed by atoms with Crippen molar-refractivity contribution >= 4 is 0 Å². The van der Waals surface area contributed by atoms with Crippen LogP contribution in [0.15, 0.2) is 12.1 Å². The van der Waals surface area contributed by atoms with Gasteiger partial charge in [0, 0.05) is 76.6 Å². The van der Waals surface area contributed by atoms with Crippen molar-refractivity contribution in [2.75, 3.05) is 87.6 Å². The fourth-order valence-corrected chi connectivity index (χ4v) is 3.62. The van der Waals surface area contributed by atoms with Gasteiger partial charge in [0.1, 0.15) is 5.75 Å². The Morgan fingerprint density at radius 2 is 1.39 bits per heavy atom. The first-order chi connectivity index (χ1) is 13.2. The summed E-state index contributed by atoms with van der Waals surface area (Å²) in [6, 6.07) is 4.28. The average Bonchev–Trinajstić information content (AvgIpc) is 2.70. The van der Waals surface area contributed by atoms with Gasteiger partial charge in [0.05, 0.1) is 0 Å². The van der Waals surface area contributed by atoms with E-state index >= 15 is 0 Å². The number of rotatable bonds is 7. The number of phenols is 1. The van der Waals surface area contributed by atoms with Crippen molar-refractivity contribution in [2.24, 2.45) is 0 Å². The molecule has 2 rings (SSSR count). The van der Waals surface area contributed by atoms with Gasteiger partial charge in [0.25, 0.3) is 0 Å². The molecule has 1 fully saturated rings. The second-order valence-corrected chi connectivity index (χ2v) is 8.86. The standard InChI is InChI=1S/C22H41N5O/c1-19-15-20(17-26(6)8-7-23(2)3)22(28)21(16-19)18-27-13-11-24(4)9-10-25(5)12-14-27/h15-16,28H,7-14,17-18H2,1-6H3. The van der Waals surface area contributed by atoms with Gasteiger partial charge in [-0.15, -0.1) is 0 Å². The maximum Gasteiger partial charge on any atom is 0.124 e. The molecule has 0 aliphatic carbocycles. The van der Waals surface area contributed by atoms with Gasteiger partial charge in [-0.2, -0.15) is 0 Å². The zero-order chi connectivity index (χ0) is 20.7. The highest BCUT2D eigenvalue weighted by Crippen LogP contribution is 2.27. The minimum atomic E-state index is 0.476. The molecular formula is C22H41N5O. The van der Waals surface area contributed by atoms with Crippen LogP contribution in [0.25, 0.3) is 0 Å². The van der Waals surface area contributed by atoms with Crippen LogP contribution in [-0.2, 0) is 13.1 Å². The summed E-state index contributed by atoms with van der Waals surface area (Å²) in [5.74, 6) is 0.476. The Bertz CT molecular complexity index is 593. The third-order valence-electron chi connectivity index (χ3n) is 5.63. The van der Waals surface area contributed by atoms with Crippen molar-refractivity contribution in [1.82, 2.24) is 24.5 Å². The monoisotopic (exact) mass is 391 g/mol. The van der Waals surface area contributed by atoms with Crippen LogP contribution >= 0.6 is 0 Å². The van der Waals surface area contributed by atoms with Gasteiger partial charge in [-0.1, -0.05) is 17.7 Å². The van der Waals surface area contributed by atoms with Crippen LogP contribution in [0.3, 0.4) is 0 Å². The molecule has 0 unspecified atom stereocenters. The van der Waals surface area contributed by atoms with Crippen molar-refractivity contribution in [1.29, 1.82) is 0 Å². The van der Waals surface area contributed by atoms with E-state index in [-0.39, 0.29) is 0 Å². The lowest BCUT2D eigenvalue weighted by atomic mass is 10.0. The molecule has 0 radical (unpaired) electrons. The summed E-state index contributed by atoms with van der Waals surface area (Å²) in [6.45, 7) is 12.2. The number of phenolic OH excluding ortho intramolecular Hbond substituents is 1.